The van der Waals surface area contributed by atoms with Crippen molar-refractivity contribution in [1.29, 1.82) is 0 Å². The fourth-order valence-electron chi connectivity index (χ4n) is 0.997. The molecule has 0 saturated heterocycles. The zero-order valence-corrected chi connectivity index (χ0v) is 7.80. The van der Waals surface area contributed by atoms with Crippen molar-refractivity contribution in [1.82, 2.24) is 0 Å². The van der Waals surface area contributed by atoms with Gasteiger partial charge in [0, 0.05) is 0 Å². The maximum absolute atomic E-state index is 9.32. The third-order valence-electron chi connectivity index (χ3n) is 1.71. The molecule has 2 nitrogen and oxygen atoms in total. The Kier molecular flexibility index (Phi) is 4.69. The molecule has 0 aliphatic carbocycles. The van der Waals surface area contributed by atoms with Crippen molar-refractivity contribution in [3.63, 3.8) is 0 Å². The number of aliphatic hydroxyl groups excluding tert-OH is 1. The fraction of sp³-hybridized carbons (Fsp3) is 1.00. The van der Waals surface area contributed by atoms with Gasteiger partial charge in [0.2, 0.25) is 0 Å². The third-order valence-corrected chi connectivity index (χ3v) is 1.71. The molecule has 1 atom stereocenters. The van der Waals surface area contributed by atoms with Crippen LogP contribution in [0.25, 0.3) is 0 Å². The van der Waals surface area contributed by atoms with Crippen LogP contribution in [0.5, 0.6) is 0 Å². The van der Waals surface area contributed by atoms with Gasteiger partial charge in [0.25, 0.3) is 0 Å². The lowest BCUT2D eigenvalue weighted by molar-refractivity contribution is 0.0469. The quantitative estimate of drug-likeness (QED) is 0.642. The highest BCUT2D eigenvalue weighted by molar-refractivity contribution is 4.67. The zero-order valence-electron chi connectivity index (χ0n) is 7.80. The van der Waals surface area contributed by atoms with Crippen LogP contribution in [-0.2, 0) is 0 Å². The van der Waals surface area contributed by atoms with Gasteiger partial charge in [-0.05, 0) is 33.1 Å². The van der Waals surface area contributed by atoms with Gasteiger partial charge >= 0.3 is 0 Å². The smallest absolute Gasteiger partial charge is 0.0592 e. The molecular weight excluding hydrogens is 140 g/mol. The van der Waals surface area contributed by atoms with Crippen molar-refractivity contribution in [2.24, 2.45) is 0 Å². The summed E-state index contributed by atoms with van der Waals surface area (Å²) in [5.74, 6) is 0. The lowest BCUT2D eigenvalue weighted by Crippen LogP contribution is -2.21. The summed E-state index contributed by atoms with van der Waals surface area (Å²) in [5, 5.41) is 18.6. The standard InChI is InChI=1S/C9H20O2/c1-4-5-8(10)6-7-9(2,3)11/h8,10-11H,4-7H2,1-3H3/t8-/m0/s1. The molecule has 11 heavy (non-hydrogen) atoms. The number of rotatable bonds is 5. The summed E-state index contributed by atoms with van der Waals surface area (Å²) in [6, 6.07) is 0. The first-order chi connectivity index (χ1) is 4.95. The monoisotopic (exact) mass is 160 g/mol. The molecular formula is C9H20O2. The van der Waals surface area contributed by atoms with Crippen LogP contribution >= 0.6 is 0 Å². The van der Waals surface area contributed by atoms with Crippen LogP contribution in [0.1, 0.15) is 46.5 Å². The van der Waals surface area contributed by atoms with E-state index < -0.39 is 5.60 Å². The van der Waals surface area contributed by atoms with Crippen LogP contribution < -0.4 is 0 Å². The van der Waals surface area contributed by atoms with Crippen molar-refractivity contribution in [3.8, 4) is 0 Å². The first-order valence-electron chi connectivity index (χ1n) is 4.36. The van der Waals surface area contributed by atoms with Crippen LogP contribution in [0.15, 0.2) is 0 Å². The molecule has 0 spiro atoms. The largest absolute Gasteiger partial charge is 0.393 e. The van der Waals surface area contributed by atoms with E-state index in [1.807, 2.05) is 6.92 Å². The Labute approximate surface area is 69.2 Å². The molecule has 0 unspecified atom stereocenters. The highest BCUT2D eigenvalue weighted by Gasteiger charge is 2.14. The van der Waals surface area contributed by atoms with E-state index in [1.165, 1.54) is 0 Å². The Morgan fingerprint density at radius 3 is 2.18 bits per heavy atom. The molecule has 0 aromatic rings. The second-order valence-electron chi connectivity index (χ2n) is 3.79. The van der Waals surface area contributed by atoms with Crippen molar-refractivity contribution in [2.75, 3.05) is 0 Å². The second-order valence-corrected chi connectivity index (χ2v) is 3.79. The van der Waals surface area contributed by atoms with E-state index in [9.17, 15) is 10.2 Å². The minimum absolute atomic E-state index is 0.230. The molecule has 0 saturated carbocycles. The van der Waals surface area contributed by atoms with Gasteiger partial charge in [-0.2, -0.15) is 0 Å². The molecule has 0 radical (unpaired) electrons. The van der Waals surface area contributed by atoms with E-state index >= 15 is 0 Å². The maximum Gasteiger partial charge on any atom is 0.0592 e. The zero-order chi connectivity index (χ0) is 8.91. The van der Waals surface area contributed by atoms with E-state index in [0.717, 1.165) is 12.8 Å². The Morgan fingerprint density at radius 1 is 1.27 bits per heavy atom. The molecule has 0 amide bonds. The summed E-state index contributed by atoms with van der Waals surface area (Å²) in [4.78, 5) is 0. The molecule has 0 heterocycles. The topological polar surface area (TPSA) is 40.5 Å². The molecule has 0 bridgehead atoms. The van der Waals surface area contributed by atoms with Crippen molar-refractivity contribution >= 4 is 0 Å². The maximum atomic E-state index is 9.32. The van der Waals surface area contributed by atoms with Gasteiger partial charge in [0.15, 0.2) is 0 Å². The van der Waals surface area contributed by atoms with Crippen LogP contribution in [0.3, 0.4) is 0 Å². The summed E-state index contributed by atoms with van der Waals surface area (Å²) in [7, 11) is 0. The lowest BCUT2D eigenvalue weighted by Gasteiger charge is -2.18. The first kappa shape index (κ1) is 10.9. The number of hydrogen-bond acceptors (Lipinski definition) is 2. The predicted octanol–water partition coefficient (Wildman–Crippen LogP) is 1.70. The fourth-order valence-corrected chi connectivity index (χ4v) is 0.997. The Balaban J connectivity index is 3.38. The molecule has 0 rings (SSSR count). The van der Waals surface area contributed by atoms with E-state index in [-0.39, 0.29) is 6.10 Å². The first-order valence-corrected chi connectivity index (χ1v) is 4.36. The Hall–Kier alpha value is -0.0800. The highest BCUT2D eigenvalue weighted by atomic mass is 16.3. The van der Waals surface area contributed by atoms with Crippen LogP contribution in [0.2, 0.25) is 0 Å². The van der Waals surface area contributed by atoms with Crippen LogP contribution in [-0.4, -0.2) is 21.9 Å². The molecule has 0 aromatic carbocycles. The van der Waals surface area contributed by atoms with Gasteiger partial charge in [-0.25, -0.2) is 0 Å². The van der Waals surface area contributed by atoms with Gasteiger partial charge in [-0.1, -0.05) is 13.3 Å². The summed E-state index contributed by atoms with van der Waals surface area (Å²) in [6.45, 7) is 5.59. The molecule has 0 aliphatic heterocycles. The molecule has 68 valence electrons. The van der Waals surface area contributed by atoms with Gasteiger partial charge in [0.1, 0.15) is 0 Å². The average molecular weight is 160 g/mol. The van der Waals surface area contributed by atoms with Gasteiger partial charge in [0.05, 0.1) is 11.7 Å². The summed E-state index contributed by atoms with van der Waals surface area (Å²) < 4.78 is 0. The minimum Gasteiger partial charge on any atom is -0.393 e. The Morgan fingerprint density at radius 2 is 1.82 bits per heavy atom. The van der Waals surface area contributed by atoms with E-state index in [2.05, 4.69) is 0 Å². The molecule has 2 heteroatoms. The second kappa shape index (κ2) is 4.73. The number of hydrogen-bond donors (Lipinski definition) is 2. The van der Waals surface area contributed by atoms with Gasteiger partial charge in [-0.3, -0.25) is 0 Å². The average Bonchev–Trinajstić information content (AvgIpc) is 1.83. The SMILES string of the molecule is CCC[C@H](O)CCC(C)(C)O. The third kappa shape index (κ3) is 7.82. The predicted molar refractivity (Wildman–Crippen MR) is 46.4 cm³/mol. The van der Waals surface area contributed by atoms with Gasteiger partial charge < -0.3 is 10.2 Å². The van der Waals surface area contributed by atoms with Crippen LogP contribution in [0, 0.1) is 0 Å². The van der Waals surface area contributed by atoms with Crippen LogP contribution in [0.4, 0.5) is 0 Å². The van der Waals surface area contributed by atoms with Crippen molar-refractivity contribution < 1.29 is 10.2 Å². The summed E-state index contributed by atoms with van der Waals surface area (Å²) >= 11 is 0. The Bertz CT molecular complexity index is 94.2. The van der Waals surface area contributed by atoms with E-state index in [0.29, 0.717) is 12.8 Å². The van der Waals surface area contributed by atoms with Gasteiger partial charge in [-0.15, -0.1) is 0 Å². The normalized spacial score (nSPS) is 15.0. The lowest BCUT2D eigenvalue weighted by atomic mass is 9.99. The minimum atomic E-state index is -0.630. The van der Waals surface area contributed by atoms with E-state index in [1.54, 1.807) is 13.8 Å². The van der Waals surface area contributed by atoms with Crippen molar-refractivity contribution in [3.05, 3.63) is 0 Å². The molecule has 2 N–H and O–H groups in total. The molecule has 0 aliphatic rings. The summed E-state index contributed by atoms with van der Waals surface area (Å²) in [6.07, 6.45) is 3.00. The molecule has 0 fully saturated rings. The summed E-state index contributed by atoms with van der Waals surface area (Å²) in [5.41, 5.74) is -0.630. The highest BCUT2D eigenvalue weighted by Crippen LogP contribution is 2.14. The number of aliphatic hydroxyl groups is 2. The van der Waals surface area contributed by atoms with E-state index in [4.69, 9.17) is 0 Å². The molecule has 0 aromatic heterocycles. The van der Waals surface area contributed by atoms with Crippen molar-refractivity contribution in [2.45, 2.75) is 58.2 Å².